The van der Waals surface area contributed by atoms with Gasteiger partial charge in [-0.3, -0.25) is 0 Å². The van der Waals surface area contributed by atoms with Gasteiger partial charge in [0.15, 0.2) is 0 Å². The molecule has 0 bridgehead atoms. The second-order valence-corrected chi connectivity index (χ2v) is 1.75. The van der Waals surface area contributed by atoms with E-state index in [2.05, 4.69) is 0 Å². The molecule has 0 aliphatic carbocycles. The Morgan fingerprint density at radius 3 is 1.12 bits per heavy atom. The zero-order valence-corrected chi connectivity index (χ0v) is 5.83. The molecule has 0 aromatic heterocycles. The van der Waals surface area contributed by atoms with Gasteiger partial charge in [-0.2, -0.15) is 0 Å². The van der Waals surface area contributed by atoms with E-state index in [1.54, 1.807) is 0 Å². The molecule has 0 saturated carbocycles. The van der Waals surface area contributed by atoms with E-state index in [9.17, 15) is 0 Å². The van der Waals surface area contributed by atoms with Crippen LogP contribution < -0.4 is 0 Å². The Bertz CT molecular complexity index is 81.9. The molecule has 8 heavy (non-hydrogen) atoms. The Hall–Kier alpha value is 0.245. The molecule has 0 atom stereocenters. The SMILES string of the molecule is OB(O)O.[O]=[Nb](=[O])[OH]. The van der Waals surface area contributed by atoms with E-state index in [0.29, 0.717) is 0 Å². The molecule has 0 aliphatic heterocycles. The molecule has 6 nitrogen and oxygen atoms in total. The summed E-state index contributed by atoms with van der Waals surface area (Å²) in [7, 11) is -2.17. The Morgan fingerprint density at radius 2 is 1.12 bits per heavy atom. The third kappa shape index (κ3) is 2860. The van der Waals surface area contributed by atoms with Crippen LogP contribution in [-0.2, 0) is 25.3 Å². The molecule has 48 valence electrons. The minimum atomic E-state index is -3.95. The predicted molar refractivity (Wildman–Crippen MR) is 16.0 cm³/mol. The van der Waals surface area contributed by atoms with Crippen LogP contribution in [0.25, 0.3) is 0 Å². The molecule has 0 amide bonds. The fraction of sp³-hybridized carbons (Fsp3) is 0. The van der Waals surface area contributed by atoms with Crippen molar-refractivity contribution in [1.82, 2.24) is 0 Å². The van der Waals surface area contributed by atoms with Crippen LogP contribution in [0.15, 0.2) is 0 Å². The van der Waals surface area contributed by atoms with E-state index in [0.717, 1.165) is 0 Å². The molecule has 4 N–H and O–H groups in total. The first-order valence-corrected chi connectivity index (χ1v) is 4.12. The summed E-state index contributed by atoms with van der Waals surface area (Å²) in [6.07, 6.45) is 0. The van der Waals surface area contributed by atoms with Gasteiger partial charge in [-0.25, -0.2) is 0 Å². The summed E-state index contributed by atoms with van der Waals surface area (Å²) in [5.41, 5.74) is 0. The van der Waals surface area contributed by atoms with Crippen molar-refractivity contribution in [3.05, 3.63) is 0 Å². The van der Waals surface area contributed by atoms with E-state index in [4.69, 9.17) is 25.2 Å². The Labute approximate surface area is 51.9 Å². The molecule has 0 aliphatic rings. The zero-order valence-electron chi connectivity index (χ0n) is 3.63. The minimum absolute atomic E-state index is 2.17. The molecular formula is H4BNbO6. The first kappa shape index (κ1) is 11.1. The first-order chi connectivity index (χ1) is 3.46. The van der Waals surface area contributed by atoms with Gasteiger partial charge in [0, 0.05) is 0 Å². The van der Waals surface area contributed by atoms with Crippen LogP contribution in [0.4, 0.5) is 0 Å². The topological polar surface area (TPSA) is 115 Å². The molecule has 0 spiro atoms. The molecule has 0 fully saturated rings. The van der Waals surface area contributed by atoms with Crippen LogP contribution in [-0.4, -0.2) is 26.0 Å². The summed E-state index contributed by atoms with van der Waals surface area (Å²) < 4.78 is 24.6. The van der Waals surface area contributed by atoms with Gasteiger partial charge in [-0.05, 0) is 0 Å². The van der Waals surface area contributed by atoms with Crippen LogP contribution >= 0.6 is 0 Å². The summed E-state index contributed by atoms with van der Waals surface area (Å²) in [6, 6.07) is 0. The van der Waals surface area contributed by atoms with Gasteiger partial charge >= 0.3 is 36.2 Å². The van der Waals surface area contributed by atoms with Gasteiger partial charge < -0.3 is 15.1 Å². The van der Waals surface area contributed by atoms with Gasteiger partial charge in [-0.15, -0.1) is 0 Å². The third-order valence-corrected chi connectivity index (χ3v) is 0. The van der Waals surface area contributed by atoms with Crippen molar-refractivity contribution in [2.75, 3.05) is 0 Å². The zero-order chi connectivity index (χ0) is 7.15. The van der Waals surface area contributed by atoms with E-state index in [1.165, 1.54) is 0 Å². The molecule has 0 heterocycles. The third-order valence-electron chi connectivity index (χ3n) is 0. The molecule has 0 unspecified atom stereocenters. The average Bonchev–Trinajstić information content (AvgIpc) is 1.25. The Kier molecular flexibility index (Phi) is 10.1. The number of hydrogen-bond donors (Lipinski definition) is 4. The maximum absolute atomic E-state index is 8.71. The molecule has 0 aromatic rings. The average molecular weight is 204 g/mol. The summed E-state index contributed by atoms with van der Waals surface area (Å²) in [6.45, 7) is 0. The van der Waals surface area contributed by atoms with E-state index < -0.39 is 26.1 Å². The van der Waals surface area contributed by atoms with Gasteiger partial charge in [0.2, 0.25) is 0 Å². The van der Waals surface area contributed by atoms with Gasteiger partial charge in [-0.1, -0.05) is 0 Å². The second kappa shape index (κ2) is 7.25. The van der Waals surface area contributed by atoms with E-state index in [-0.39, 0.29) is 0 Å². The molecule has 8 heteroatoms. The van der Waals surface area contributed by atoms with Gasteiger partial charge in [0.1, 0.15) is 0 Å². The summed E-state index contributed by atoms with van der Waals surface area (Å²) in [5, 5.41) is 21.5. The standard InChI is InChI=1S/BH3O3.Nb.H2O.2O/c2-1(3)4;;;;/h2-4H;;1H2;;/q;+1;;;/p-1. The van der Waals surface area contributed by atoms with E-state index >= 15 is 0 Å². The number of rotatable bonds is 0. The normalized spacial score (nSPS) is 6.50. The van der Waals surface area contributed by atoms with Crippen molar-refractivity contribution in [3.8, 4) is 0 Å². The van der Waals surface area contributed by atoms with Crippen molar-refractivity contribution in [2.24, 2.45) is 0 Å². The molecule has 0 saturated heterocycles. The summed E-state index contributed by atoms with van der Waals surface area (Å²) in [4.78, 5) is 0. The van der Waals surface area contributed by atoms with Gasteiger partial charge in [0.25, 0.3) is 0 Å². The maximum atomic E-state index is 8.71. The molecule has 0 radical (unpaired) electrons. The Balaban J connectivity index is 0. The van der Waals surface area contributed by atoms with Crippen molar-refractivity contribution in [3.63, 3.8) is 0 Å². The quantitative estimate of drug-likeness (QED) is 0.315. The van der Waals surface area contributed by atoms with Crippen LogP contribution in [0.3, 0.4) is 0 Å². The van der Waals surface area contributed by atoms with Crippen LogP contribution in [0, 0.1) is 0 Å². The van der Waals surface area contributed by atoms with Crippen LogP contribution in [0.5, 0.6) is 0 Å². The fourth-order valence-electron chi connectivity index (χ4n) is 0. The summed E-state index contributed by atoms with van der Waals surface area (Å²) in [5.74, 6) is 0. The van der Waals surface area contributed by atoms with Crippen molar-refractivity contribution in [2.45, 2.75) is 0 Å². The Morgan fingerprint density at radius 1 is 1.12 bits per heavy atom. The molecule has 0 rings (SSSR count). The molecule has 0 aromatic carbocycles. The molecular weight excluding hydrogens is 200 g/mol. The van der Waals surface area contributed by atoms with Crippen molar-refractivity contribution < 1.29 is 44.0 Å². The first-order valence-electron chi connectivity index (χ1n) is 1.34. The number of hydrogen-bond acceptors (Lipinski definition) is 5. The second-order valence-electron chi connectivity index (χ2n) is 0.584. The monoisotopic (exact) mass is 204 g/mol. The fourth-order valence-corrected chi connectivity index (χ4v) is 0. The summed E-state index contributed by atoms with van der Waals surface area (Å²) >= 11 is -3.95. The van der Waals surface area contributed by atoms with Crippen LogP contribution in [0.1, 0.15) is 0 Å². The predicted octanol–water partition coefficient (Wildman–Crippen LogP) is -2.85. The van der Waals surface area contributed by atoms with Crippen LogP contribution in [0.2, 0.25) is 0 Å². The van der Waals surface area contributed by atoms with Crippen molar-refractivity contribution in [1.29, 1.82) is 0 Å². The van der Waals surface area contributed by atoms with E-state index in [1.807, 2.05) is 0 Å². The van der Waals surface area contributed by atoms with Gasteiger partial charge in [0.05, 0.1) is 0 Å². The van der Waals surface area contributed by atoms with Crippen molar-refractivity contribution >= 4 is 7.32 Å².